The van der Waals surface area contributed by atoms with Crippen LogP contribution in [0.3, 0.4) is 0 Å². The second-order valence-corrected chi connectivity index (χ2v) is 6.88. The molecule has 1 amide bonds. The summed E-state index contributed by atoms with van der Waals surface area (Å²) in [5.41, 5.74) is 1.05. The topological polar surface area (TPSA) is 32.8 Å². The molecule has 0 fully saturated rings. The van der Waals surface area contributed by atoms with Gasteiger partial charge in [-0.2, -0.15) is 0 Å². The molecule has 2 rings (SSSR count). The van der Waals surface area contributed by atoms with Gasteiger partial charge >= 0.3 is 0 Å². The van der Waals surface area contributed by atoms with Gasteiger partial charge in [-0.05, 0) is 37.9 Å². The molecule has 0 aliphatic heterocycles. The molecule has 25 heavy (non-hydrogen) atoms. The van der Waals surface area contributed by atoms with Crippen molar-refractivity contribution in [2.24, 2.45) is 0 Å². The maximum absolute atomic E-state index is 13.8. The summed E-state index contributed by atoms with van der Waals surface area (Å²) in [5, 5.41) is 0. The van der Waals surface area contributed by atoms with Crippen molar-refractivity contribution in [3.05, 3.63) is 64.4 Å². The molecule has 0 heterocycles. The van der Waals surface area contributed by atoms with Crippen molar-refractivity contribution in [3.8, 4) is 5.75 Å². The van der Waals surface area contributed by atoms with E-state index in [0.29, 0.717) is 17.6 Å². The molecule has 0 saturated carbocycles. The first-order valence-electron chi connectivity index (χ1n) is 8.00. The van der Waals surface area contributed by atoms with Gasteiger partial charge in [0.05, 0.1) is 0 Å². The average molecular weight is 409 g/mol. The predicted octanol–water partition coefficient (Wildman–Crippen LogP) is 3.56. The minimum atomic E-state index is -0.495. The summed E-state index contributed by atoms with van der Waals surface area (Å²) in [6, 6.07) is 14.3. The zero-order chi connectivity index (χ0) is 18.2. The van der Waals surface area contributed by atoms with E-state index in [1.807, 2.05) is 49.3 Å². The zero-order valence-corrected chi connectivity index (χ0v) is 16.0. The number of hydrogen-bond donors (Lipinski definition) is 0. The molecular formula is C19H22BrFN2O2. The Balaban J connectivity index is 2.00. The lowest BCUT2D eigenvalue weighted by atomic mass is 10.2. The molecule has 0 spiro atoms. The fourth-order valence-electron chi connectivity index (χ4n) is 2.24. The molecule has 2 aromatic carbocycles. The summed E-state index contributed by atoms with van der Waals surface area (Å²) in [4.78, 5) is 16.3. The minimum Gasteiger partial charge on any atom is -0.481 e. The molecule has 0 bridgehead atoms. The molecule has 4 nitrogen and oxygen atoms in total. The zero-order valence-electron chi connectivity index (χ0n) is 14.4. The van der Waals surface area contributed by atoms with Crippen molar-refractivity contribution in [1.82, 2.24) is 9.80 Å². The van der Waals surface area contributed by atoms with Gasteiger partial charge in [0.15, 0.2) is 18.2 Å². The van der Waals surface area contributed by atoms with Crippen molar-refractivity contribution in [2.75, 3.05) is 33.8 Å². The lowest BCUT2D eigenvalue weighted by molar-refractivity contribution is -0.134. The second-order valence-electron chi connectivity index (χ2n) is 5.97. The Morgan fingerprint density at radius 3 is 2.48 bits per heavy atom. The van der Waals surface area contributed by atoms with E-state index in [1.165, 1.54) is 12.1 Å². The Morgan fingerprint density at radius 2 is 1.84 bits per heavy atom. The summed E-state index contributed by atoms with van der Waals surface area (Å²) in [6.45, 7) is 1.62. The highest BCUT2D eigenvalue weighted by Crippen LogP contribution is 2.21. The molecule has 134 valence electrons. The van der Waals surface area contributed by atoms with Crippen molar-refractivity contribution in [1.29, 1.82) is 0 Å². The summed E-state index contributed by atoms with van der Waals surface area (Å²) in [7, 11) is 3.91. The molecule has 0 aromatic heterocycles. The highest BCUT2D eigenvalue weighted by Gasteiger charge is 2.16. The Kier molecular flexibility index (Phi) is 7.40. The van der Waals surface area contributed by atoms with Crippen LogP contribution in [0.1, 0.15) is 5.56 Å². The van der Waals surface area contributed by atoms with Gasteiger partial charge in [0.25, 0.3) is 5.91 Å². The SMILES string of the molecule is CN(C)CCN(Cc1ccccc1)C(=O)COc1ccc(Br)cc1F. The first-order valence-corrected chi connectivity index (χ1v) is 8.79. The molecule has 6 heteroatoms. The smallest absolute Gasteiger partial charge is 0.260 e. The third-order valence-corrected chi connectivity index (χ3v) is 4.12. The largest absolute Gasteiger partial charge is 0.481 e. The fraction of sp³-hybridized carbons (Fsp3) is 0.316. The van der Waals surface area contributed by atoms with E-state index < -0.39 is 5.82 Å². The first-order chi connectivity index (χ1) is 12.0. The third kappa shape index (κ3) is 6.48. The van der Waals surface area contributed by atoms with E-state index in [1.54, 1.807) is 11.0 Å². The maximum Gasteiger partial charge on any atom is 0.260 e. The van der Waals surface area contributed by atoms with Gasteiger partial charge in [-0.1, -0.05) is 46.3 Å². The Bertz CT molecular complexity index is 695. The van der Waals surface area contributed by atoms with Crippen LogP contribution in [-0.2, 0) is 11.3 Å². The van der Waals surface area contributed by atoms with E-state index >= 15 is 0 Å². The molecule has 2 aromatic rings. The summed E-state index contributed by atoms with van der Waals surface area (Å²) in [5.74, 6) is -0.595. The van der Waals surface area contributed by atoms with Crippen molar-refractivity contribution in [3.63, 3.8) is 0 Å². The van der Waals surface area contributed by atoms with Gasteiger partial charge in [0, 0.05) is 24.1 Å². The van der Waals surface area contributed by atoms with Gasteiger partial charge in [-0.25, -0.2) is 4.39 Å². The molecule has 0 saturated heterocycles. The van der Waals surface area contributed by atoms with E-state index in [2.05, 4.69) is 15.9 Å². The van der Waals surface area contributed by atoms with E-state index in [4.69, 9.17) is 4.74 Å². The van der Waals surface area contributed by atoms with Crippen LogP contribution in [0, 0.1) is 5.82 Å². The van der Waals surface area contributed by atoms with Crippen molar-refractivity contribution < 1.29 is 13.9 Å². The highest BCUT2D eigenvalue weighted by molar-refractivity contribution is 9.10. The van der Waals surface area contributed by atoms with Crippen LogP contribution in [0.25, 0.3) is 0 Å². The number of benzene rings is 2. The number of amides is 1. The van der Waals surface area contributed by atoms with Crippen LogP contribution in [0.2, 0.25) is 0 Å². The lowest BCUT2D eigenvalue weighted by Gasteiger charge is -2.24. The van der Waals surface area contributed by atoms with Gasteiger partial charge < -0.3 is 14.5 Å². The number of rotatable bonds is 8. The van der Waals surface area contributed by atoms with E-state index in [-0.39, 0.29) is 18.3 Å². The average Bonchev–Trinajstić information content (AvgIpc) is 2.58. The van der Waals surface area contributed by atoms with Gasteiger partial charge in [-0.3, -0.25) is 4.79 Å². The molecule has 0 unspecified atom stereocenters. The van der Waals surface area contributed by atoms with Crippen LogP contribution in [0.5, 0.6) is 5.75 Å². The number of carbonyl (C=O) groups is 1. The van der Waals surface area contributed by atoms with E-state index in [0.717, 1.165) is 12.1 Å². The summed E-state index contributed by atoms with van der Waals surface area (Å²) >= 11 is 3.20. The Labute approximate surface area is 156 Å². The third-order valence-electron chi connectivity index (χ3n) is 3.63. The van der Waals surface area contributed by atoms with Crippen molar-refractivity contribution in [2.45, 2.75) is 6.54 Å². The van der Waals surface area contributed by atoms with Crippen LogP contribution in [-0.4, -0.2) is 49.5 Å². The molecule has 0 atom stereocenters. The van der Waals surface area contributed by atoms with Gasteiger partial charge in [-0.15, -0.1) is 0 Å². The lowest BCUT2D eigenvalue weighted by Crippen LogP contribution is -2.39. The van der Waals surface area contributed by atoms with E-state index in [9.17, 15) is 9.18 Å². The van der Waals surface area contributed by atoms with Gasteiger partial charge in [0.1, 0.15) is 0 Å². The van der Waals surface area contributed by atoms with Crippen LogP contribution >= 0.6 is 15.9 Å². The quantitative estimate of drug-likeness (QED) is 0.669. The predicted molar refractivity (Wildman–Crippen MR) is 100 cm³/mol. The normalized spacial score (nSPS) is 10.8. The number of halogens is 2. The molecule has 0 N–H and O–H groups in total. The number of ether oxygens (including phenoxy) is 1. The standard InChI is InChI=1S/C19H22BrFN2O2/c1-22(2)10-11-23(13-15-6-4-3-5-7-15)19(24)14-25-18-9-8-16(20)12-17(18)21/h3-9,12H,10-11,13-14H2,1-2H3. The summed E-state index contributed by atoms with van der Waals surface area (Å²) < 4.78 is 19.8. The Hall–Kier alpha value is -1.92. The molecule has 0 aliphatic rings. The van der Waals surface area contributed by atoms with Crippen LogP contribution in [0.15, 0.2) is 53.0 Å². The van der Waals surface area contributed by atoms with Crippen LogP contribution in [0.4, 0.5) is 4.39 Å². The second kappa shape index (κ2) is 9.53. The highest BCUT2D eigenvalue weighted by atomic mass is 79.9. The number of nitrogens with zero attached hydrogens (tertiary/aromatic N) is 2. The van der Waals surface area contributed by atoms with Crippen LogP contribution < -0.4 is 4.74 Å². The first kappa shape index (κ1) is 19.4. The summed E-state index contributed by atoms with van der Waals surface area (Å²) in [6.07, 6.45) is 0. The minimum absolute atomic E-state index is 0.0730. The number of likely N-dealkylation sites (N-methyl/N-ethyl adjacent to an activating group) is 1. The monoisotopic (exact) mass is 408 g/mol. The molecule has 0 aliphatic carbocycles. The number of carbonyl (C=O) groups excluding carboxylic acids is 1. The number of hydrogen-bond acceptors (Lipinski definition) is 3. The Morgan fingerprint density at radius 1 is 1.12 bits per heavy atom. The molecular weight excluding hydrogens is 387 g/mol. The maximum atomic E-state index is 13.8. The van der Waals surface area contributed by atoms with Crippen molar-refractivity contribution >= 4 is 21.8 Å². The molecule has 0 radical (unpaired) electrons. The fourth-order valence-corrected chi connectivity index (χ4v) is 2.57. The van der Waals surface area contributed by atoms with Gasteiger partial charge in [0.2, 0.25) is 0 Å².